The molecule has 1 heterocycles. The number of fused-ring (bicyclic) bond motifs is 1. The number of ether oxygens (including phenoxy) is 1. The van der Waals surface area contributed by atoms with Crippen LogP contribution in [0.4, 0.5) is 9.18 Å². The molecule has 6 heteroatoms. The molecule has 3 amide bonds. The van der Waals surface area contributed by atoms with E-state index in [-0.39, 0.29) is 18.1 Å². The fourth-order valence-corrected chi connectivity index (χ4v) is 3.86. The first kappa shape index (κ1) is 21.4. The van der Waals surface area contributed by atoms with Gasteiger partial charge in [0.2, 0.25) is 0 Å². The van der Waals surface area contributed by atoms with E-state index in [1.807, 2.05) is 42.5 Å². The third kappa shape index (κ3) is 4.52. The number of para-hydroxylation sites is 1. The standard InChI is InChI=1S/C28H21FN2O3/c29-24-13-10-19(11-14-24)17-31-27(32)25(30-28(31)33)16-23-7-3-4-8-26(23)34-18-20-9-12-21-5-1-2-6-22(21)15-20/h1-16H,17-18H2,(H,30,33)/b25-16+. The number of urea groups is 1. The molecule has 0 aliphatic carbocycles. The van der Waals surface area contributed by atoms with E-state index in [4.69, 9.17) is 4.74 Å². The smallest absolute Gasteiger partial charge is 0.329 e. The van der Waals surface area contributed by atoms with Gasteiger partial charge in [-0.3, -0.25) is 9.69 Å². The summed E-state index contributed by atoms with van der Waals surface area (Å²) in [5, 5.41) is 4.93. The zero-order valence-corrected chi connectivity index (χ0v) is 18.2. The molecule has 168 valence electrons. The van der Waals surface area contributed by atoms with Gasteiger partial charge in [-0.2, -0.15) is 0 Å². The zero-order valence-electron chi connectivity index (χ0n) is 18.2. The fourth-order valence-electron chi connectivity index (χ4n) is 3.86. The van der Waals surface area contributed by atoms with Gasteiger partial charge in [0.25, 0.3) is 5.91 Å². The Labute approximate surface area is 196 Å². The lowest BCUT2D eigenvalue weighted by Gasteiger charge is -2.12. The summed E-state index contributed by atoms with van der Waals surface area (Å²) in [5.41, 5.74) is 2.52. The number of hydrogen-bond donors (Lipinski definition) is 1. The molecule has 0 saturated carbocycles. The molecule has 1 N–H and O–H groups in total. The molecule has 1 aliphatic rings. The van der Waals surface area contributed by atoms with Crippen LogP contribution in [-0.2, 0) is 17.9 Å². The third-order valence-corrected chi connectivity index (χ3v) is 5.64. The van der Waals surface area contributed by atoms with Crippen LogP contribution in [0.25, 0.3) is 16.8 Å². The Morgan fingerprint density at radius 1 is 0.824 bits per heavy atom. The Balaban J connectivity index is 1.33. The van der Waals surface area contributed by atoms with Crippen molar-refractivity contribution in [1.29, 1.82) is 0 Å². The minimum Gasteiger partial charge on any atom is -0.488 e. The van der Waals surface area contributed by atoms with E-state index in [9.17, 15) is 14.0 Å². The van der Waals surface area contributed by atoms with Gasteiger partial charge in [0.15, 0.2) is 0 Å². The average molecular weight is 452 g/mol. The van der Waals surface area contributed by atoms with Crippen LogP contribution in [0, 0.1) is 5.82 Å². The summed E-state index contributed by atoms with van der Waals surface area (Å²) in [4.78, 5) is 26.4. The van der Waals surface area contributed by atoms with Gasteiger partial charge >= 0.3 is 6.03 Å². The lowest BCUT2D eigenvalue weighted by molar-refractivity contribution is -0.123. The van der Waals surface area contributed by atoms with Crippen LogP contribution in [0.3, 0.4) is 0 Å². The van der Waals surface area contributed by atoms with Crippen LogP contribution < -0.4 is 10.1 Å². The zero-order chi connectivity index (χ0) is 23.5. The number of rotatable bonds is 6. The van der Waals surface area contributed by atoms with Crippen molar-refractivity contribution >= 4 is 28.8 Å². The molecule has 0 atom stereocenters. The molecule has 1 aliphatic heterocycles. The molecule has 0 aromatic heterocycles. The van der Waals surface area contributed by atoms with Crippen molar-refractivity contribution in [3.05, 3.63) is 119 Å². The molecule has 5 rings (SSSR count). The van der Waals surface area contributed by atoms with E-state index < -0.39 is 11.9 Å². The van der Waals surface area contributed by atoms with Crippen molar-refractivity contribution in [3.63, 3.8) is 0 Å². The number of benzene rings is 4. The van der Waals surface area contributed by atoms with E-state index in [2.05, 4.69) is 29.6 Å². The lowest BCUT2D eigenvalue weighted by Crippen LogP contribution is -2.30. The van der Waals surface area contributed by atoms with Crippen molar-refractivity contribution in [2.24, 2.45) is 0 Å². The fraction of sp³-hybridized carbons (Fsp3) is 0.0714. The summed E-state index contributed by atoms with van der Waals surface area (Å²) in [6, 6.07) is 26.8. The maximum Gasteiger partial charge on any atom is 0.329 e. The van der Waals surface area contributed by atoms with Crippen LogP contribution in [0.5, 0.6) is 5.75 Å². The van der Waals surface area contributed by atoms with E-state index in [0.29, 0.717) is 23.5 Å². The Morgan fingerprint density at radius 2 is 1.53 bits per heavy atom. The summed E-state index contributed by atoms with van der Waals surface area (Å²) < 4.78 is 19.2. The van der Waals surface area contributed by atoms with Gasteiger partial charge in [-0.1, -0.05) is 66.7 Å². The molecular formula is C28H21FN2O3. The SMILES string of the molecule is O=C1N/C(=C/c2ccccc2OCc2ccc3ccccc3c2)C(=O)N1Cc1ccc(F)cc1. The van der Waals surface area contributed by atoms with E-state index in [1.54, 1.807) is 18.2 Å². The summed E-state index contributed by atoms with van der Waals surface area (Å²) in [7, 11) is 0. The molecule has 34 heavy (non-hydrogen) atoms. The number of nitrogens with one attached hydrogen (secondary N) is 1. The van der Waals surface area contributed by atoms with Gasteiger partial charge in [0, 0.05) is 5.56 Å². The third-order valence-electron chi connectivity index (χ3n) is 5.64. The molecule has 5 nitrogen and oxygen atoms in total. The van der Waals surface area contributed by atoms with Crippen LogP contribution in [0.2, 0.25) is 0 Å². The molecule has 0 bridgehead atoms. The normalized spacial score (nSPS) is 14.6. The second-order valence-electron chi connectivity index (χ2n) is 8.01. The summed E-state index contributed by atoms with van der Waals surface area (Å²) >= 11 is 0. The second-order valence-corrected chi connectivity index (χ2v) is 8.01. The number of halogens is 1. The second kappa shape index (κ2) is 9.19. The highest BCUT2D eigenvalue weighted by molar-refractivity contribution is 6.14. The highest BCUT2D eigenvalue weighted by Gasteiger charge is 2.33. The molecule has 1 saturated heterocycles. The van der Waals surface area contributed by atoms with Gasteiger partial charge in [0.05, 0.1) is 6.54 Å². The molecular weight excluding hydrogens is 431 g/mol. The van der Waals surface area contributed by atoms with Crippen LogP contribution >= 0.6 is 0 Å². The van der Waals surface area contributed by atoms with Gasteiger partial charge in [-0.25, -0.2) is 9.18 Å². The largest absolute Gasteiger partial charge is 0.488 e. The molecule has 0 radical (unpaired) electrons. The molecule has 0 unspecified atom stereocenters. The topological polar surface area (TPSA) is 58.6 Å². The number of carbonyl (C=O) groups is 2. The number of hydrogen-bond acceptors (Lipinski definition) is 3. The number of carbonyl (C=O) groups excluding carboxylic acids is 2. The van der Waals surface area contributed by atoms with Crippen molar-refractivity contribution in [2.75, 3.05) is 0 Å². The van der Waals surface area contributed by atoms with Crippen molar-refractivity contribution in [1.82, 2.24) is 10.2 Å². The Kier molecular flexibility index (Phi) is 5.79. The summed E-state index contributed by atoms with van der Waals surface area (Å²) in [6.07, 6.45) is 1.61. The van der Waals surface area contributed by atoms with Gasteiger partial charge in [-0.05, 0) is 52.2 Å². The average Bonchev–Trinajstić information content (AvgIpc) is 3.12. The van der Waals surface area contributed by atoms with Crippen LogP contribution in [-0.4, -0.2) is 16.8 Å². The first-order valence-corrected chi connectivity index (χ1v) is 10.9. The Hall–Kier alpha value is -4.45. The van der Waals surface area contributed by atoms with Gasteiger partial charge < -0.3 is 10.1 Å². The highest BCUT2D eigenvalue weighted by atomic mass is 19.1. The van der Waals surface area contributed by atoms with Crippen molar-refractivity contribution in [3.8, 4) is 5.75 Å². The number of amides is 3. The van der Waals surface area contributed by atoms with Crippen LogP contribution in [0.1, 0.15) is 16.7 Å². The Morgan fingerprint density at radius 3 is 2.35 bits per heavy atom. The first-order valence-electron chi connectivity index (χ1n) is 10.9. The minimum absolute atomic E-state index is 0.0579. The maximum atomic E-state index is 13.2. The van der Waals surface area contributed by atoms with Crippen molar-refractivity contribution < 1.29 is 18.7 Å². The minimum atomic E-state index is -0.518. The van der Waals surface area contributed by atoms with Crippen molar-refractivity contribution in [2.45, 2.75) is 13.2 Å². The van der Waals surface area contributed by atoms with Crippen LogP contribution in [0.15, 0.2) is 96.7 Å². The number of nitrogens with zero attached hydrogens (tertiary/aromatic N) is 1. The van der Waals surface area contributed by atoms with Gasteiger partial charge in [-0.15, -0.1) is 0 Å². The highest BCUT2D eigenvalue weighted by Crippen LogP contribution is 2.25. The summed E-state index contributed by atoms with van der Waals surface area (Å²) in [5.74, 6) is -0.220. The molecule has 4 aromatic carbocycles. The van der Waals surface area contributed by atoms with E-state index >= 15 is 0 Å². The summed E-state index contributed by atoms with van der Waals surface area (Å²) in [6.45, 7) is 0.421. The monoisotopic (exact) mass is 452 g/mol. The molecule has 0 spiro atoms. The Bertz CT molecular complexity index is 1410. The number of imide groups is 1. The quantitative estimate of drug-likeness (QED) is 0.304. The van der Waals surface area contributed by atoms with E-state index in [0.717, 1.165) is 21.2 Å². The lowest BCUT2D eigenvalue weighted by atomic mass is 10.1. The predicted octanol–water partition coefficient (Wildman–Crippen LogP) is 5.65. The first-order chi connectivity index (χ1) is 16.6. The maximum absolute atomic E-state index is 13.2. The van der Waals surface area contributed by atoms with E-state index in [1.165, 1.54) is 12.1 Å². The molecule has 4 aromatic rings. The molecule has 1 fully saturated rings. The predicted molar refractivity (Wildman–Crippen MR) is 128 cm³/mol. The van der Waals surface area contributed by atoms with Gasteiger partial charge in [0.1, 0.15) is 23.9 Å².